The van der Waals surface area contributed by atoms with Gasteiger partial charge in [-0.05, 0) is 50.0 Å². The van der Waals surface area contributed by atoms with Crippen molar-refractivity contribution >= 4 is 27.5 Å². The van der Waals surface area contributed by atoms with E-state index < -0.39 is 6.04 Å². The minimum atomic E-state index is -0.615. The Morgan fingerprint density at radius 3 is 2.81 bits per heavy atom. The molecule has 0 amide bonds. The lowest BCUT2D eigenvalue weighted by Gasteiger charge is -2.20. The van der Waals surface area contributed by atoms with Crippen molar-refractivity contribution in [2.75, 3.05) is 6.61 Å². The van der Waals surface area contributed by atoms with Crippen molar-refractivity contribution in [1.82, 2.24) is 9.55 Å². The van der Waals surface area contributed by atoms with E-state index in [4.69, 9.17) is 4.74 Å². The van der Waals surface area contributed by atoms with E-state index in [1.807, 2.05) is 20.8 Å². The van der Waals surface area contributed by atoms with Gasteiger partial charge >= 0.3 is 5.97 Å². The van der Waals surface area contributed by atoms with Gasteiger partial charge in [0.2, 0.25) is 0 Å². The summed E-state index contributed by atoms with van der Waals surface area (Å²) in [4.78, 5) is 32.7. The summed E-state index contributed by atoms with van der Waals surface area (Å²) in [6.07, 6.45) is 3.54. The molecule has 2 unspecified atom stereocenters. The van der Waals surface area contributed by atoms with Crippen LogP contribution in [0.15, 0.2) is 4.79 Å². The van der Waals surface area contributed by atoms with Crippen molar-refractivity contribution < 1.29 is 9.53 Å². The lowest BCUT2D eigenvalue weighted by Crippen LogP contribution is -2.34. The molecule has 6 heteroatoms. The van der Waals surface area contributed by atoms with Crippen molar-refractivity contribution in [2.45, 2.75) is 66.3 Å². The van der Waals surface area contributed by atoms with Gasteiger partial charge in [-0.2, -0.15) is 0 Å². The fraction of sp³-hybridized carbons (Fsp3) is 0.650. The Hall–Kier alpha value is -1.69. The highest BCUT2D eigenvalue weighted by Gasteiger charge is 2.28. The molecule has 26 heavy (non-hydrogen) atoms. The van der Waals surface area contributed by atoms with Crippen molar-refractivity contribution in [1.29, 1.82) is 0 Å². The monoisotopic (exact) mass is 376 g/mol. The van der Waals surface area contributed by atoms with E-state index in [0.717, 1.165) is 35.0 Å². The van der Waals surface area contributed by atoms with Gasteiger partial charge < -0.3 is 4.74 Å². The Kier molecular flexibility index (Phi) is 5.51. The van der Waals surface area contributed by atoms with E-state index in [2.05, 4.69) is 11.9 Å². The summed E-state index contributed by atoms with van der Waals surface area (Å²) in [5, 5.41) is 0.720. The van der Waals surface area contributed by atoms with Gasteiger partial charge in [0.15, 0.2) is 0 Å². The van der Waals surface area contributed by atoms with Crippen molar-refractivity contribution in [3.63, 3.8) is 0 Å². The standard InChI is InChI=1S/C20H28N2O3S/c1-6-15(20(24)25-10-11(2)3)22-13(5)21-18-17(19(22)23)14-8-7-12(4)9-16(14)26-18/h11-12,15H,6-10H2,1-5H3. The van der Waals surface area contributed by atoms with Gasteiger partial charge in [0.1, 0.15) is 16.7 Å². The minimum Gasteiger partial charge on any atom is -0.464 e. The van der Waals surface area contributed by atoms with Crippen LogP contribution in [0.2, 0.25) is 0 Å². The molecule has 0 saturated carbocycles. The zero-order chi connectivity index (χ0) is 19.0. The highest BCUT2D eigenvalue weighted by atomic mass is 32.1. The van der Waals surface area contributed by atoms with Gasteiger partial charge in [-0.15, -0.1) is 11.3 Å². The van der Waals surface area contributed by atoms with E-state index in [9.17, 15) is 9.59 Å². The van der Waals surface area contributed by atoms with Gasteiger partial charge in [0, 0.05) is 4.88 Å². The fourth-order valence-electron chi connectivity index (χ4n) is 3.67. The molecule has 0 aromatic carbocycles. The molecule has 2 atom stereocenters. The summed E-state index contributed by atoms with van der Waals surface area (Å²) in [5.41, 5.74) is 1.06. The molecule has 0 bridgehead atoms. The zero-order valence-corrected chi connectivity index (χ0v) is 17.1. The molecule has 0 saturated heterocycles. The maximum absolute atomic E-state index is 13.3. The highest BCUT2D eigenvalue weighted by molar-refractivity contribution is 7.18. The molecular weight excluding hydrogens is 348 g/mol. The molecule has 0 aliphatic heterocycles. The second-order valence-corrected chi connectivity index (χ2v) is 8.90. The number of carbonyl (C=O) groups excluding carboxylic acids is 1. The molecule has 0 radical (unpaired) electrons. The van der Waals surface area contributed by atoms with Crippen LogP contribution in [0.1, 0.15) is 62.8 Å². The van der Waals surface area contributed by atoms with Crippen LogP contribution in [-0.2, 0) is 22.4 Å². The molecule has 1 aliphatic carbocycles. The number of thiophene rings is 1. The lowest BCUT2D eigenvalue weighted by molar-refractivity contribution is -0.149. The van der Waals surface area contributed by atoms with Crippen LogP contribution in [0.25, 0.3) is 10.2 Å². The van der Waals surface area contributed by atoms with Crippen molar-refractivity contribution in [2.24, 2.45) is 11.8 Å². The first kappa shape index (κ1) is 19.1. The van der Waals surface area contributed by atoms with E-state index in [1.165, 1.54) is 4.88 Å². The maximum Gasteiger partial charge on any atom is 0.329 e. The molecular formula is C20H28N2O3S. The smallest absolute Gasteiger partial charge is 0.329 e. The number of aromatic nitrogens is 2. The number of carbonyl (C=O) groups is 1. The first-order valence-corrected chi connectivity index (χ1v) is 10.3. The van der Waals surface area contributed by atoms with Crippen LogP contribution >= 0.6 is 11.3 Å². The molecule has 0 spiro atoms. The second kappa shape index (κ2) is 7.51. The maximum atomic E-state index is 13.3. The zero-order valence-electron chi connectivity index (χ0n) is 16.3. The molecule has 0 fully saturated rings. The Morgan fingerprint density at radius 1 is 1.42 bits per heavy atom. The van der Waals surface area contributed by atoms with Gasteiger partial charge in [-0.1, -0.05) is 27.7 Å². The molecule has 3 rings (SSSR count). The number of esters is 1. The SMILES string of the molecule is CCC(C(=O)OCC(C)C)n1c(C)nc2sc3c(c2c1=O)CCC(C)C3. The van der Waals surface area contributed by atoms with Crippen LogP contribution in [0.5, 0.6) is 0 Å². The summed E-state index contributed by atoms with van der Waals surface area (Å²) in [6, 6.07) is -0.615. The van der Waals surface area contributed by atoms with Crippen molar-refractivity contribution in [3.05, 3.63) is 26.6 Å². The normalized spacial score (nSPS) is 18.2. The van der Waals surface area contributed by atoms with Crippen LogP contribution in [-0.4, -0.2) is 22.1 Å². The summed E-state index contributed by atoms with van der Waals surface area (Å²) in [5.74, 6) is 1.15. The molecule has 1 aliphatic rings. The molecule has 2 heterocycles. The number of hydrogen-bond acceptors (Lipinski definition) is 5. The van der Waals surface area contributed by atoms with Crippen molar-refractivity contribution in [3.8, 4) is 0 Å². The topological polar surface area (TPSA) is 61.2 Å². The predicted molar refractivity (Wildman–Crippen MR) is 105 cm³/mol. The third kappa shape index (κ3) is 3.43. The van der Waals surface area contributed by atoms with Gasteiger partial charge in [0.05, 0.1) is 12.0 Å². The first-order valence-electron chi connectivity index (χ1n) is 9.53. The summed E-state index contributed by atoms with van der Waals surface area (Å²) < 4.78 is 6.97. The molecule has 2 aromatic heterocycles. The first-order chi connectivity index (χ1) is 12.3. The van der Waals surface area contributed by atoms with Gasteiger partial charge in [0.25, 0.3) is 5.56 Å². The summed E-state index contributed by atoms with van der Waals surface area (Å²) in [6.45, 7) is 10.3. The van der Waals surface area contributed by atoms with E-state index in [-0.39, 0.29) is 17.4 Å². The molecule has 142 valence electrons. The third-order valence-electron chi connectivity index (χ3n) is 5.07. The molecule has 5 nitrogen and oxygen atoms in total. The fourth-order valence-corrected chi connectivity index (χ4v) is 5.09. The van der Waals surface area contributed by atoms with Gasteiger partial charge in [-0.25, -0.2) is 9.78 Å². The Balaban J connectivity index is 2.08. The highest BCUT2D eigenvalue weighted by Crippen LogP contribution is 2.36. The Bertz CT molecular complexity index is 881. The van der Waals surface area contributed by atoms with Crippen LogP contribution in [0.4, 0.5) is 0 Å². The average molecular weight is 377 g/mol. The summed E-state index contributed by atoms with van der Waals surface area (Å²) >= 11 is 1.64. The second-order valence-electron chi connectivity index (χ2n) is 7.81. The van der Waals surface area contributed by atoms with E-state index in [0.29, 0.717) is 24.8 Å². The Labute approximate surface area is 158 Å². The summed E-state index contributed by atoms with van der Waals surface area (Å²) in [7, 11) is 0. The van der Waals surface area contributed by atoms with E-state index in [1.54, 1.807) is 22.8 Å². The van der Waals surface area contributed by atoms with Gasteiger partial charge in [-0.3, -0.25) is 9.36 Å². The van der Waals surface area contributed by atoms with E-state index >= 15 is 0 Å². The molecule has 2 aromatic rings. The predicted octanol–water partition coefficient (Wildman–Crippen LogP) is 4.04. The number of ether oxygens (including phenoxy) is 1. The quantitative estimate of drug-likeness (QED) is 0.739. The van der Waals surface area contributed by atoms with Crippen LogP contribution < -0.4 is 5.56 Å². The van der Waals surface area contributed by atoms with Crippen LogP contribution in [0.3, 0.4) is 0 Å². The third-order valence-corrected chi connectivity index (χ3v) is 6.22. The minimum absolute atomic E-state index is 0.0899. The molecule has 0 N–H and O–H groups in total. The number of aryl methyl sites for hydroxylation is 2. The average Bonchev–Trinajstić information content (AvgIpc) is 2.93. The number of hydrogen-bond donors (Lipinski definition) is 0. The van der Waals surface area contributed by atoms with Crippen LogP contribution in [0, 0.1) is 18.8 Å². The number of rotatable bonds is 5. The lowest BCUT2D eigenvalue weighted by atomic mass is 9.89. The number of nitrogens with zero attached hydrogens (tertiary/aromatic N) is 2. The number of fused-ring (bicyclic) bond motifs is 3. The largest absolute Gasteiger partial charge is 0.464 e. The Morgan fingerprint density at radius 2 is 2.15 bits per heavy atom.